The van der Waals surface area contributed by atoms with E-state index in [-0.39, 0.29) is 0 Å². The van der Waals surface area contributed by atoms with Crippen molar-refractivity contribution in [2.75, 3.05) is 0 Å². The van der Waals surface area contributed by atoms with Gasteiger partial charge < -0.3 is 5.32 Å². The van der Waals surface area contributed by atoms with Crippen LogP contribution in [0, 0.1) is 17.5 Å². The molecule has 1 N–H and O–H groups in total. The summed E-state index contributed by atoms with van der Waals surface area (Å²) >= 11 is 0. The summed E-state index contributed by atoms with van der Waals surface area (Å²) in [6, 6.07) is 9.63. The first-order chi connectivity index (χ1) is 9.49. The van der Waals surface area contributed by atoms with Crippen LogP contribution < -0.4 is 5.32 Å². The summed E-state index contributed by atoms with van der Waals surface area (Å²) in [6.45, 7) is 4.61. The quantitative estimate of drug-likeness (QED) is 0.824. The second-order valence-corrected chi connectivity index (χ2v) is 4.95. The van der Waals surface area contributed by atoms with Gasteiger partial charge in [0.15, 0.2) is 17.5 Å². The third-order valence-corrected chi connectivity index (χ3v) is 3.01. The Balaban J connectivity index is 2.42. The van der Waals surface area contributed by atoms with E-state index in [0.717, 1.165) is 17.7 Å². The van der Waals surface area contributed by atoms with Crippen LogP contribution >= 0.6 is 0 Å². The van der Waals surface area contributed by atoms with E-state index in [1.54, 1.807) is 12.1 Å². The highest BCUT2D eigenvalue weighted by molar-refractivity contribution is 5.67. The van der Waals surface area contributed by atoms with Crippen LogP contribution in [0.3, 0.4) is 0 Å². The highest BCUT2D eigenvalue weighted by Crippen LogP contribution is 2.26. The molecule has 0 unspecified atom stereocenters. The van der Waals surface area contributed by atoms with Crippen molar-refractivity contribution in [1.29, 1.82) is 0 Å². The number of rotatable bonds is 4. The molecule has 0 heterocycles. The highest BCUT2D eigenvalue weighted by Gasteiger charge is 2.13. The van der Waals surface area contributed by atoms with E-state index >= 15 is 0 Å². The van der Waals surface area contributed by atoms with Gasteiger partial charge in [-0.1, -0.05) is 38.1 Å². The van der Waals surface area contributed by atoms with E-state index in [1.807, 2.05) is 26.0 Å². The first-order valence-electron chi connectivity index (χ1n) is 6.45. The maximum atomic E-state index is 13.3. The molecule has 0 atom stereocenters. The minimum absolute atomic E-state index is 0.296. The topological polar surface area (TPSA) is 12.0 Å². The zero-order valence-corrected chi connectivity index (χ0v) is 11.4. The molecule has 0 aliphatic carbocycles. The molecule has 20 heavy (non-hydrogen) atoms. The highest BCUT2D eigenvalue weighted by atomic mass is 19.2. The van der Waals surface area contributed by atoms with Crippen molar-refractivity contribution in [3.8, 4) is 11.1 Å². The molecule has 2 rings (SSSR count). The van der Waals surface area contributed by atoms with Gasteiger partial charge in [0.05, 0.1) is 0 Å². The van der Waals surface area contributed by atoms with Crippen LogP contribution in [0.1, 0.15) is 19.4 Å². The lowest BCUT2D eigenvalue weighted by Gasteiger charge is -2.13. The van der Waals surface area contributed by atoms with Gasteiger partial charge in [-0.05, 0) is 28.8 Å². The Labute approximate surface area is 116 Å². The van der Waals surface area contributed by atoms with Gasteiger partial charge in [0.1, 0.15) is 0 Å². The van der Waals surface area contributed by atoms with Crippen molar-refractivity contribution in [2.24, 2.45) is 0 Å². The summed E-state index contributed by atoms with van der Waals surface area (Å²) in [5, 5.41) is 3.25. The molecular formula is C16H16F3N. The summed E-state index contributed by atoms with van der Waals surface area (Å²) in [7, 11) is 0. The van der Waals surface area contributed by atoms with Gasteiger partial charge in [0.2, 0.25) is 0 Å². The summed E-state index contributed by atoms with van der Waals surface area (Å²) in [6.07, 6.45) is 0. The lowest BCUT2D eigenvalue weighted by atomic mass is 9.99. The molecule has 0 saturated heterocycles. The van der Waals surface area contributed by atoms with Crippen LogP contribution in [0.2, 0.25) is 0 Å². The Morgan fingerprint density at radius 3 is 2.20 bits per heavy atom. The van der Waals surface area contributed by atoms with Gasteiger partial charge in [0, 0.05) is 12.6 Å². The van der Waals surface area contributed by atoms with Crippen LogP contribution in [0.5, 0.6) is 0 Å². The van der Waals surface area contributed by atoms with Crippen molar-refractivity contribution < 1.29 is 13.2 Å². The molecule has 0 spiro atoms. The zero-order chi connectivity index (χ0) is 14.7. The maximum Gasteiger partial charge on any atom is 0.194 e. The molecule has 0 amide bonds. The van der Waals surface area contributed by atoms with Gasteiger partial charge in [0.25, 0.3) is 0 Å². The molecule has 0 radical (unpaired) electrons. The number of benzene rings is 2. The molecule has 0 aromatic heterocycles. The summed E-state index contributed by atoms with van der Waals surface area (Å²) in [5.74, 6) is -3.79. The predicted octanol–water partition coefficient (Wildman–Crippen LogP) is 4.27. The van der Waals surface area contributed by atoms with Crippen molar-refractivity contribution in [2.45, 2.75) is 26.4 Å². The van der Waals surface area contributed by atoms with Crippen LogP contribution in [0.4, 0.5) is 13.2 Å². The van der Waals surface area contributed by atoms with Gasteiger partial charge in [-0.25, -0.2) is 13.2 Å². The Bertz CT molecular complexity index is 585. The average molecular weight is 279 g/mol. The number of halogens is 3. The van der Waals surface area contributed by atoms with Crippen LogP contribution in [0.25, 0.3) is 11.1 Å². The molecule has 0 saturated carbocycles. The minimum atomic E-state index is -1.44. The lowest BCUT2D eigenvalue weighted by Crippen LogP contribution is -2.22. The molecule has 0 fully saturated rings. The SMILES string of the molecule is CC(C)NCc1ccccc1-c1cc(F)c(F)c(F)c1. The van der Waals surface area contributed by atoms with Crippen LogP contribution in [-0.4, -0.2) is 6.04 Å². The minimum Gasteiger partial charge on any atom is -0.310 e. The van der Waals surface area contributed by atoms with Crippen molar-refractivity contribution >= 4 is 0 Å². The normalized spacial score (nSPS) is 11.1. The fourth-order valence-corrected chi connectivity index (χ4v) is 1.98. The molecule has 106 valence electrons. The first kappa shape index (κ1) is 14.6. The smallest absolute Gasteiger partial charge is 0.194 e. The summed E-state index contributed by atoms with van der Waals surface area (Å²) in [5.41, 5.74) is 1.94. The number of hydrogen-bond acceptors (Lipinski definition) is 1. The van der Waals surface area contributed by atoms with E-state index in [2.05, 4.69) is 5.32 Å². The zero-order valence-electron chi connectivity index (χ0n) is 11.4. The van der Waals surface area contributed by atoms with Gasteiger partial charge >= 0.3 is 0 Å². The third-order valence-electron chi connectivity index (χ3n) is 3.01. The van der Waals surface area contributed by atoms with Crippen molar-refractivity contribution in [1.82, 2.24) is 5.32 Å². The van der Waals surface area contributed by atoms with Crippen molar-refractivity contribution in [3.63, 3.8) is 0 Å². The first-order valence-corrected chi connectivity index (χ1v) is 6.45. The Kier molecular flexibility index (Phi) is 4.45. The van der Waals surface area contributed by atoms with Gasteiger partial charge in [-0.2, -0.15) is 0 Å². The van der Waals surface area contributed by atoms with Gasteiger partial charge in [-0.3, -0.25) is 0 Å². The van der Waals surface area contributed by atoms with E-state index < -0.39 is 17.5 Å². The standard InChI is InChI=1S/C16H16F3N/c1-10(2)20-9-11-5-3-4-6-13(11)12-7-14(17)16(19)15(18)8-12/h3-8,10,20H,9H2,1-2H3. The number of nitrogens with one attached hydrogen (secondary N) is 1. The van der Waals surface area contributed by atoms with Crippen LogP contribution in [0.15, 0.2) is 36.4 Å². The Morgan fingerprint density at radius 1 is 1.00 bits per heavy atom. The average Bonchev–Trinajstić information content (AvgIpc) is 2.42. The van der Waals surface area contributed by atoms with E-state index in [1.165, 1.54) is 0 Å². The molecule has 0 bridgehead atoms. The maximum absolute atomic E-state index is 13.3. The summed E-state index contributed by atoms with van der Waals surface area (Å²) in [4.78, 5) is 0. The molecule has 0 aliphatic heterocycles. The van der Waals surface area contributed by atoms with E-state index in [9.17, 15) is 13.2 Å². The molecule has 0 aliphatic rings. The third kappa shape index (κ3) is 3.20. The van der Waals surface area contributed by atoms with Gasteiger partial charge in [-0.15, -0.1) is 0 Å². The molecule has 1 nitrogen and oxygen atoms in total. The fraction of sp³-hybridized carbons (Fsp3) is 0.250. The number of hydrogen-bond donors (Lipinski definition) is 1. The Hall–Kier alpha value is -1.81. The molecule has 2 aromatic rings. The van der Waals surface area contributed by atoms with E-state index in [0.29, 0.717) is 23.7 Å². The lowest BCUT2D eigenvalue weighted by molar-refractivity contribution is 0.447. The Morgan fingerprint density at radius 2 is 1.60 bits per heavy atom. The summed E-state index contributed by atoms with van der Waals surface area (Å²) < 4.78 is 39.7. The second-order valence-electron chi connectivity index (χ2n) is 4.95. The molecule has 4 heteroatoms. The van der Waals surface area contributed by atoms with E-state index in [4.69, 9.17) is 0 Å². The monoisotopic (exact) mass is 279 g/mol. The molecule has 2 aromatic carbocycles. The van der Waals surface area contributed by atoms with Crippen molar-refractivity contribution in [3.05, 3.63) is 59.4 Å². The predicted molar refractivity (Wildman–Crippen MR) is 73.7 cm³/mol. The second kappa shape index (κ2) is 6.09. The fourth-order valence-electron chi connectivity index (χ4n) is 1.98. The largest absolute Gasteiger partial charge is 0.310 e. The van der Waals surface area contributed by atoms with Crippen LogP contribution in [-0.2, 0) is 6.54 Å². The molecular weight excluding hydrogens is 263 g/mol.